The van der Waals surface area contributed by atoms with Crippen molar-refractivity contribution >= 4 is 17.9 Å². The molecule has 0 aliphatic carbocycles. The lowest BCUT2D eigenvalue weighted by atomic mass is 9.82. The highest BCUT2D eigenvalue weighted by Gasteiger charge is 2.34. The van der Waals surface area contributed by atoms with Crippen molar-refractivity contribution in [3.8, 4) is 0 Å². The van der Waals surface area contributed by atoms with E-state index in [2.05, 4.69) is 43.3 Å². The fourth-order valence-corrected chi connectivity index (χ4v) is 3.16. The third-order valence-electron chi connectivity index (χ3n) is 4.54. The lowest BCUT2D eigenvalue weighted by Crippen LogP contribution is -2.51. The topological polar surface area (TPSA) is 47.9 Å². The summed E-state index contributed by atoms with van der Waals surface area (Å²) >= 11 is 5.91. The van der Waals surface area contributed by atoms with Crippen LogP contribution in [0.2, 0.25) is 5.02 Å². The summed E-state index contributed by atoms with van der Waals surface area (Å²) in [6.07, 6.45) is 6.85. The van der Waals surface area contributed by atoms with Crippen molar-refractivity contribution in [3.63, 3.8) is 0 Å². The Morgan fingerprint density at radius 2 is 1.92 bits per heavy atom. The lowest BCUT2D eigenvalue weighted by Gasteiger charge is -2.37. The molecular weight excluding hydrogens is 322 g/mol. The van der Waals surface area contributed by atoms with E-state index in [-0.39, 0.29) is 11.5 Å². The molecule has 0 radical (unpaired) electrons. The minimum Gasteiger partial charge on any atom is -0.390 e. The van der Waals surface area contributed by atoms with Crippen LogP contribution in [-0.2, 0) is 6.42 Å². The molecular formula is C19H30ClN3O. The summed E-state index contributed by atoms with van der Waals surface area (Å²) in [5.74, 6) is 0. The highest BCUT2D eigenvalue weighted by Crippen LogP contribution is 2.27. The lowest BCUT2D eigenvalue weighted by molar-refractivity contribution is -0.0106. The van der Waals surface area contributed by atoms with E-state index in [1.165, 1.54) is 5.56 Å². The number of nitrogens with one attached hydrogen (secondary N) is 1. The van der Waals surface area contributed by atoms with Gasteiger partial charge in [-0.3, -0.25) is 10.0 Å². The molecule has 1 aromatic rings. The zero-order valence-corrected chi connectivity index (χ0v) is 15.8. The smallest absolute Gasteiger partial charge is 0.107 e. The maximum absolute atomic E-state index is 10.7. The van der Waals surface area contributed by atoms with E-state index in [1.807, 2.05) is 23.5 Å². The molecule has 0 fully saturated rings. The van der Waals surface area contributed by atoms with Crippen molar-refractivity contribution < 1.29 is 5.11 Å². The number of rotatable bonds is 8. The number of aliphatic imine (C=N–C) groups is 1. The maximum atomic E-state index is 10.7. The van der Waals surface area contributed by atoms with Gasteiger partial charge in [-0.2, -0.15) is 0 Å². The summed E-state index contributed by atoms with van der Waals surface area (Å²) in [6, 6.07) is 8.15. The van der Waals surface area contributed by atoms with Crippen LogP contribution in [0.15, 0.2) is 29.3 Å². The Labute approximate surface area is 150 Å². The number of aliphatic hydroxyl groups excluding tert-OH is 1. The van der Waals surface area contributed by atoms with Gasteiger partial charge in [-0.1, -0.05) is 57.3 Å². The highest BCUT2D eigenvalue weighted by molar-refractivity contribution is 6.30. The van der Waals surface area contributed by atoms with E-state index in [1.54, 1.807) is 0 Å². The molecule has 0 saturated heterocycles. The quantitative estimate of drug-likeness (QED) is 0.695. The van der Waals surface area contributed by atoms with Crippen molar-refractivity contribution in [3.05, 3.63) is 34.9 Å². The molecule has 24 heavy (non-hydrogen) atoms. The Hall–Kier alpha value is -1.10. The van der Waals surface area contributed by atoms with E-state index >= 15 is 0 Å². The molecule has 2 N–H and O–H groups in total. The highest BCUT2D eigenvalue weighted by atomic mass is 35.5. The number of unbranched alkanes of at least 4 members (excludes halogenated alkanes) is 2. The molecule has 1 heterocycles. The van der Waals surface area contributed by atoms with Gasteiger partial charge in [-0.05, 0) is 42.4 Å². The second-order valence-corrected chi connectivity index (χ2v) is 8.06. The van der Waals surface area contributed by atoms with Crippen LogP contribution in [0.4, 0.5) is 0 Å². The van der Waals surface area contributed by atoms with Gasteiger partial charge in [-0.15, -0.1) is 0 Å². The normalized spacial score (nSPS) is 17.3. The first-order valence-corrected chi connectivity index (χ1v) is 9.20. The van der Waals surface area contributed by atoms with Crippen LogP contribution in [0.5, 0.6) is 0 Å². The van der Waals surface area contributed by atoms with Crippen molar-refractivity contribution in [2.24, 2.45) is 10.4 Å². The molecule has 2 atom stereocenters. The zero-order chi connectivity index (χ0) is 17.6. The monoisotopic (exact) mass is 351 g/mol. The Morgan fingerprint density at radius 3 is 2.50 bits per heavy atom. The fraction of sp³-hybridized carbons (Fsp3) is 0.632. The summed E-state index contributed by atoms with van der Waals surface area (Å²) in [5, 5.41) is 13.5. The van der Waals surface area contributed by atoms with Crippen LogP contribution in [-0.4, -0.2) is 35.3 Å². The fourth-order valence-electron chi connectivity index (χ4n) is 3.03. The zero-order valence-electron chi connectivity index (χ0n) is 15.0. The minimum absolute atomic E-state index is 0.0618. The number of nitrogens with zero attached hydrogens (tertiary/aromatic N) is 2. The summed E-state index contributed by atoms with van der Waals surface area (Å²) in [4.78, 5) is 4.21. The Bertz CT molecular complexity index is 524. The maximum Gasteiger partial charge on any atom is 0.107 e. The molecule has 0 bridgehead atoms. The van der Waals surface area contributed by atoms with Crippen molar-refractivity contribution in [2.45, 2.75) is 65.0 Å². The predicted octanol–water partition coefficient (Wildman–Crippen LogP) is 4.02. The molecule has 134 valence electrons. The van der Waals surface area contributed by atoms with E-state index in [0.717, 1.165) is 37.1 Å². The third kappa shape index (κ3) is 5.76. The molecule has 5 heteroatoms. The summed E-state index contributed by atoms with van der Waals surface area (Å²) in [5.41, 5.74) is 4.41. The summed E-state index contributed by atoms with van der Waals surface area (Å²) in [7, 11) is 0. The Kier molecular flexibility index (Phi) is 7.08. The molecule has 1 aliphatic rings. The minimum atomic E-state index is -0.397. The average Bonchev–Trinajstić information content (AvgIpc) is 3.05. The Balaban J connectivity index is 1.78. The molecule has 2 rings (SSSR count). The number of aryl methyl sites for hydroxylation is 1. The van der Waals surface area contributed by atoms with Gasteiger partial charge in [0, 0.05) is 5.02 Å². The number of aliphatic hydroxyl groups is 1. The predicted molar refractivity (Wildman–Crippen MR) is 101 cm³/mol. The van der Waals surface area contributed by atoms with Crippen molar-refractivity contribution in [1.29, 1.82) is 0 Å². The second kappa shape index (κ2) is 8.84. The van der Waals surface area contributed by atoms with Crippen LogP contribution in [0.25, 0.3) is 0 Å². The first kappa shape index (κ1) is 19.2. The van der Waals surface area contributed by atoms with Crippen LogP contribution in [0, 0.1) is 5.41 Å². The van der Waals surface area contributed by atoms with E-state index < -0.39 is 6.10 Å². The molecule has 0 spiro atoms. The molecule has 0 saturated carbocycles. The standard InChI is InChI=1S/C19H30ClN3O/c1-19(2,3)18(24)17(23-14-21-13-22-23)8-6-4-5-7-15-9-11-16(20)12-10-15/h9-12,14,17-18,22,24H,4-8,13H2,1-3H3. The van der Waals surface area contributed by atoms with Gasteiger partial charge >= 0.3 is 0 Å². The molecule has 2 unspecified atom stereocenters. The number of halogens is 1. The SMILES string of the molecule is CC(C)(C)C(O)C(CCCCCc1ccc(Cl)cc1)N1C=NCN1. The number of benzene rings is 1. The number of hydrogen-bond acceptors (Lipinski definition) is 4. The van der Waals surface area contributed by atoms with Gasteiger partial charge < -0.3 is 5.11 Å². The van der Waals surface area contributed by atoms with Gasteiger partial charge in [0.1, 0.15) is 13.0 Å². The van der Waals surface area contributed by atoms with E-state index in [4.69, 9.17) is 11.6 Å². The van der Waals surface area contributed by atoms with Crippen LogP contribution >= 0.6 is 11.6 Å². The number of hydrogen-bond donors (Lipinski definition) is 2. The molecule has 1 aliphatic heterocycles. The van der Waals surface area contributed by atoms with Crippen molar-refractivity contribution in [1.82, 2.24) is 10.4 Å². The summed E-state index contributed by atoms with van der Waals surface area (Å²) in [6.45, 7) is 6.85. The first-order valence-electron chi connectivity index (χ1n) is 8.82. The Morgan fingerprint density at radius 1 is 1.21 bits per heavy atom. The summed E-state index contributed by atoms with van der Waals surface area (Å²) < 4.78 is 0. The van der Waals surface area contributed by atoms with Crippen molar-refractivity contribution in [2.75, 3.05) is 6.67 Å². The second-order valence-electron chi connectivity index (χ2n) is 7.63. The largest absolute Gasteiger partial charge is 0.390 e. The van der Waals surface area contributed by atoms with E-state index in [0.29, 0.717) is 6.67 Å². The van der Waals surface area contributed by atoms with Crippen LogP contribution < -0.4 is 5.43 Å². The molecule has 0 aromatic heterocycles. The van der Waals surface area contributed by atoms with Gasteiger partial charge in [0.2, 0.25) is 0 Å². The average molecular weight is 352 g/mol. The third-order valence-corrected chi connectivity index (χ3v) is 4.79. The van der Waals surface area contributed by atoms with Gasteiger partial charge in [-0.25, -0.2) is 5.43 Å². The van der Waals surface area contributed by atoms with Crippen LogP contribution in [0.1, 0.15) is 52.0 Å². The first-order chi connectivity index (χ1) is 11.4. The number of hydrazine groups is 1. The van der Waals surface area contributed by atoms with Gasteiger partial charge in [0.25, 0.3) is 0 Å². The molecule has 1 aromatic carbocycles. The van der Waals surface area contributed by atoms with Crippen LogP contribution in [0.3, 0.4) is 0 Å². The molecule has 0 amide bonds. The molecule has 4 nitrogen and oxygen atoms in total. The van der Waals surface area contributed by atoms with Gasteiger partial charge in [0.15, 0.2) is 0 Å². The van der Waals surface area contributed by atoms with Gasteiger partial charge in [0.05, 0.1) is 12.1 Å². The van der Waals surface area contributed by atoms with E-state index in [9.17, 15) is 5.11 Å².